The molecule has 2 aromatic carbocycles. The summed E-state index contributed by atoms with van der Waals surface area (Å²) < 4.78 is 35.8. The van der Waals surface area contributed by atoms with Gasteiger partial charge in [0, 0.05) is 18.0 Å². The van der Waals surface area contributed by atoms with Crippen molar-refractivity contribution >= 4 is 17.1 Å². The summed E-state index contributed by atoms with van der Waals surface area (Å²) in [7, 11) is -1.03. The monoisotopic (exact) mass is 521 g/mol. The van der Waals surface area contributed by atoms with Crippen molar-refractivity contribution in [3.8, 4) is 5.69 Å². The summed E-state index contributed by atoms with van der Waals surface area (Å²) in [4.78, 5) is 0. The van der Waals surface area contributed by atoms with Gasteiger partial charge < -0.3 is 4.74 Å². The van der Waals surface area contributed by atoms with E-state index in [1.165, 1.54) is 34.4 Å². The maximum atomic E-state index is 13.0. The first-order valence-corrected chi connectivity index (χ1v) is 14.2. The molecule has 0 radical (unpaired) electrons. The third-order valence-corrected chi connectivity index (χ3v) is 9.18. The fraction of sp³-hybridized carbons (Fsp3) is 0.433. The number of halogens is 1. The van der Waals surface area contributed by atoms with E-state index in [-0.39, 0.29) is 22.2 Å². The average molecular weight is 522 g/mol. The molecule has 1 aromatic heterocycles. The van der Waals surface area contributed by atoms with E-state index in [2.05, 4.69) is 47.9 Å². The summed E-state index contributed by atoms with van der Waals surface area (Å²) in [5, 5.41) is 4.47. The number of aromatic nitrogens is 2. The van der Waals surface area contributed by atoms with Gasteiger partial charge in [0.1, 0.15) is 11.4 Å². The van der Waals surface area contributed by atoms with E-state index in [9.17, 15) is 8.60 Å². The van der Waals surface area contributed by atoms with Gasteiger partial charge in [-0.2, -0.15) is 5.10 Å². The Morgan fingerprint density at radius 2 is 1.95 bits per heavy atom. The maximum Gasteiger partial charge on any atom is 0.123 e. The number of fused-ring (bicyclic) bond motifs is 1. The predicted octanol–water partition coefficient (Wildman–Crippen LogP) is 6.24. The first kappa shape index (κ1) is 26.0. The zero-order valence-corrected chi connectivity index (χ0v) is 23.1. The van der Waals surface area contributed by atoms with Gasteiger partial charge in [0.25, 0.3) is 0 Å². The van der Waals surface area contributed by atoms with E-state index in [1.54, 1.807) is 12.1 Å². The lowest BCUT2D eigenvalue weighted by Gasteiger charge is -2.23. The smallest absolute Gasteiger partial charge is 0.123 e. The molecule has 0 bridgehead atoms. The lowest BCUT2D eigenvalue weighted by Crippen LogP contribution is -2.35. The quantitative estimate of drug-likeness (QED) is 0.404. The zero-order valence-electron chi connectivity index (χ0n) is 22.3. The number of benzene rings is 2. The molecule has 196 valence electrons. The number of ether oxygens (including phenoxy) is 1. The predicted molar refractivity (Wildman–Crippen MR) is 147 cm³/mol. The number of hydrogen-bond acceptors (Lipinski definition) is 3. The van der Waals surface area contributed by atoms with Crippen LogP contribution in [0.5, 0.6) is 0 Å². The van der Waals surface area contributed by atoms with Gasteiger partial charge in [-0.15, -0.1) is 0 Å². The van der Waals surface area contributed by atoms with Gasteiger partial charge in [-0.3, -0.25) is 0 Å². The highest BCUT2D eigenvalue weighted by molar-refractivity contribution is 7.84. The van der Waals surface area contributed by atoms with Crippen LogP contribution in [-0.4, -0.2) is 30.4 Å². The van der Waals surface area contributed by atoms with Crippen LogP contribution in [0.4, 0.5) is 4.39 Å². The normalized spacial score (nSPS) is 23.1. The van der Waals surface area contributed by atoms with Crippen LogP contribution in [-0.2, 0) is 28.6 Å². The third kappa shape index (κ3) is 5.09. The zero-order chi connectivity index (χ0) is 26.4. The highest BCUT2D eigenvalue weighted by atomic mass is 32.2. The van der Waals surface area contributed by atoms with Crippen molar-refractivity contribution in [2.24, 2.45) is 0 Å². The summed E-state index contributed by atoms with van der Waals surface area (Å²) in [5.41, 5.74) is 7.20. The summed E-state index contributed by atoms with van der Waals surface area (Å²) in [6.07, 6.45) is 8.76. The van der Waals surface area contributed by atoms with Crippen LogP contribution < -0.4 is 4.72 Å². The Morgan fingerprint density at radius 1 is 1.22 bits per heavy atom. The fourth-order valence-corrected chi connectivity index (χ4v) is 6.15. The van der Waals surface area contributed by atoms with Crippen molar-refractivity contribution in [1.29, 1.82) is 0 Å². The van der Waals surface area contributed by atoms with Crippen molar-refractivity contribution in [2.45, 2.75) is 82.8 Å². The molecule has 6 rings (SSSR count). The van der Waals surface area contributed by atoms with Crippen molar-refractivity contribution in [2.75, 3.05) is 0 Å². The van der Waals surface area contributed by atoms with E-state index in [4.69, 9.17) is 4.74 Å². The molecular formula is C30H36FN3O2S. The van der Waals surface area contributed by atoms with Gasteiger partial charge in [0.2, 0.25) is 0 Å². The van der Waals surface area contributed by atoms with Crippen LogP contribution in [0, 0.1) is 5.82 Å². The highest BCUT2D eigenvalue weighted by Gasteiger charge is 2.63. The van der Waals surface area contributed by atoms with Gasteiger partial charge in [0.15, 0.2) is 0 Å². The molecule has 2 fully saturated rings. The van der Waals surface area contributed by atoms with Gasteiger partial charge in [-0.25, -0.2) is 18.0 Å². The number of hydrogen-bond donors (Lipinski definition) is 1. The number of nitrogens with one attached hydrogen (secondary N) is 1. The first-order valence-electron chi connectivity index (χ1n) is 13.1. The molecule has 37 heavy (non-hydrogen) atoms. The second-order valence-corrected chi connectivity index (χ2v) is 13.1. The second-order valence-electron chi connectivity index (χ2n) is 11.1. The Morgan fingerprint density at radius 3 is 2.62 bits per heavy atom. The molecule has 2 heterocycles. The molecule has 1 aliphatic heterocycles. The van der Waals surface area contributed by atoms with Crippen LogP contribution in [0.15, 0.2) is 60.3 Å². The molecule has 1 saturated carbocycles. The first-order chi connectivity index (χ1) is 17.6. The maximum absolute atomic E-state index is 13.0. The summed E-state index contributed by atoms with van der Waals surface area (Å²) in [6.45, 7) is 10.2. The Hall–Kier alpha value is -2.61. The lowest BCUT2D eigenvalue weighted by molar-refractivity contribution is 0.292. The summed E-state index contributed by atoms with van der Waals surface area (Å²) >= 11 is 0. The molecule has 1 spiro atoms. The minimum absolute atomic E-state index is 0.00363. The van der Waals surface area contributed by atoms with Crippen molar-refractivity contribution in [3.63, 3.8) is 0 Å². The minimum Gasteiger partial charge on any atom is -0.361 e. The molecular weight excluding hydrogens is 485 g/mol. The Kier molecular flexibility index (Phi) is 6.98. The van der Waals surface area contributed by atoms with Crippen LogP contribution >= 0.6 is 0 Å². The molecule has 0 amide bonds. The van der Waals surface area contributed by atoms with E-state index in [0.717, 1.165) is 37.1 Å². The third-order valence-electron chi connectivity index (χ3n) is 7.50. The van der Waals surface area contributed by atoms with Crippen LogP contribution in [0.1, 0.15) is 75.9 Å². The van der Waals surface area contributed by atoms with E-state index < -0.39 is 11.0 Å². The molecule has 4 atom stereocenters. The topological polar surface area (TPSA) is 59.5 Å². The molecule has 3 aromatic rings. The number of rotatable bonds is 5. The molecule has 3 unspecified atom stereocenters. The average Bonchev–Trinajstić information content (AvgIpc) is 3.22. The van der Waals surface area contributed by atoms with Gasteiger partial charge >= 0.3 is 0 Å². The Bertz CT molecular complexity index is 1340. The molecule has 7 heteroatoms. The fourth-order valence-electron chi connectivity index (χ4n) is 5.35. The number of aryl methyl sites for hydroxylation is 1. The SMILES string of the molecule is CCc1ccccc1[C@@H](C)NS(=O)C(C)(C)C.Fc1ccc(-n2ncc3c2C=C2CCC4OC24C3)cc1. The van der Waals surface area contributed by atoms with E-state index in [1.807, 2.05) is 37.7 Å². The second kappa shape index (κ2) is 9.93. The molecule has 3 aliphatic rings. The van der Waals surface area contributed by atoms with Crippen molar-refractivity contribution in [3.05, 3.63) is 88.5 Å². The number of nitrogens with zero attached hydrogens (tertiary/aromatic N) is 2. The van der Waals surface area contributed by atoms with Crippen molar-refractivity contribution in [1.82, 2.24) is 14.5 Å². The summed E-state index contributed by atoms with van der Waals surface area (Å²) in [5.74, 6) is -0.225. The van der Waals surface area contributed by atoms with Gasteiger partial charge in [0.05, 0.1) is 39.4 Å². The van der Waals surface area contributed by atoms with E-state index >= 15 is 0 Å². The lowest BCUT2D eigenvalue weighted by atomic mass is 9.87. The number of epoxide rings is 1. The largest absolute Gasteiger partial charge is 0.361 e. The van der Waals surface area contributed by atoms with Crippen molar-refractivity contribution < 1.29 is 13.3 Å². The van der Waals surface area contributed by atoms with Gasteiger partial charge in [-0.05, 0) is 94.0 Å². The minimum atomic E-state index is -1.03. The Labute approximate surface area is 221 Å². The molecule has 2 aliphatic carbocycles. The molecule has 5 nitrogen and oxygen atoms in total. The van der Waals surface area contributed by atoms with E-state index in [0.29, 0.717) is 6.10 Å². The van der Waals surface area contributed by atoms with Crippen LogP contribution in [0.25, 0.3) is 11.8 Å². The standard InChI is InChI=1S/C16H13FN2O.C14H23NOS/c17-12-2-4-13(5-3-12)19-14-7-11-1-6-15-16(11,20-15)8-10(14)9-18-19;1-6-12-9-7-8-10-13(12)11(2)15-17(16)14(3,4)5/h2-5,7,9,15H,1,6,8H2;7-11,15H,6H2,1-5H3/t;11-,17?/m.1/s1. The summed E-state index contributed by atoms with van der Waals surface area (Å²) in [6, 6.07) is 14.9. The van der Waals surface area contributed by atoms with Crippen LogP contribution in [0.3, 0.4) is 0 Å². The molecule has 1 saturated heterocycles. The van der Waals surface area contributed by atoms with Crippen LogP contribution in [0.2, 0.25) is 0 Å². The molecule has 1 N–H and O–H groups in total. The highest BCUT2D eigenvalue weighted by Crippen LogP contribution is 2.57. The van der Waals surface area contributed by atoms with Gasteiger partial charge in [-0.1, -0.05) is 31.2 Å². The Balaban J connectivity index is 0.000000155.